The van der Waals surface area contributed by atoms with Gasteiger partial charge < -0.3 is 19.9 Å². The summed E-state index contributed by atoms with van der Waals surface area (Å²) >= 11 is 0. The van der Waals surface area contributed by atoms with Crippen LogP contribution in [-0.4, -0.2) is 67.9 Å². The fourth-order valence-corrected chi connectivity index (χ4v) is 3.85. The van der Waals surface area contributed by atoms with E-state index in [-0.39, 0.29) is 0 Å². The molecule has 6 heteroatoms. The second-order valence-corrected chi connectivity index (χ2v) is 8.06. The third-order valence-electron chi connectivity index (χ3n) is 5.24. The molecule has 2 heterocycles. The van der Waals surface area contributed by atoms with Gasteiger partial charge in [-0.1, -0.05) is 0 Å². The Morgan fingerprint density at radius 2 is 1.82 bits per heavy atom. The van der Waals surface area contributed by atoms with Crippen LogP contribution in [0.25, 0.3) is 11.3 Å². The monoisotopic (exact) mass is 383 g/mol. The van der Waals surface area contributed by atoms with Crippen LogP contribution in [0.5, 0.6) is 5.75 Å². The van der Waals surface area contributed by atoms with Crippen molar-refractivity contribution in [1.29, 1.82) is 0 Å². The van der Waals surface area contributed by atoms with Crippen molar-refractivity contribution in [2.24, 2.45) is 5.92 Å². The molecule has 0 spiro atoms. The van der Waals surface area contributed by atoms with Crippen molar-refractivity contribution in [3.8, 4) is 17.0 Å². The molecule has 0 aliphatic carbocycles. The Morgan fingerprint density at radius 3 is 2.46 bits per heavy atom. The number of rotatable bonds is 8. The van der Waals surface area contributed by atoms with Crippen LogP contribution in [-0.2, 0) is 13.1 Å². The lowest BCUT2D eigenvalue weighted by atomic mass is 9.98. The molecule has 1 aliphatic heterocycles. The van der Waals surface area contributed by atoms with Gasteiger partial charge in [-0.2, -0.15) is 10.2 Å². The summed E-state index contributed by atoms with van der Waals surface area (Å²) in [5, 5.41) is 12.4. The normalized spacial score (nSPS) is 15.4. The first-order valence-corrected chi connectivity index (χ1v) is 10.1. The number of benzene rings is 1. The lowest BCUT2D eigenvalue weighted by Gasteiger charge is -2.27. The Bertz CT molecular complexity index is 741. The lowest BCUT2D eigenvalue weighted by Crippen LogP contribution is -2.34. The largest absolute Gasteiger partial charge is 0.496 e. The Labute approximate surface area is 168 Å². The molecular weight excluding hydrogens is 350 g/mol. The highest BCUT2D eigenvalue weighted by molar-refractivity contribution is 5.61. The van der Waals surface area contributed by atoms with E-state index in [9.17, 15) is 0 Å². The second kappa shape index (κ2) is 9.96. The van der Waals surface area contributed by atoms with Crippen LogP contribution >= 0.6 is 0 Å². The summed E-state index contributed by atoms with van der Waals surface area (Å²) in [4.78, 5) is 4.50. The predicted molar refractivity (Wildman–Crippen MR) is 113 cm³/mol. The number of hydrogen-bond acceptors (Lipinski definition) is 6. The van der Waals surface area contributed by atoms with Crippen molar-refractivity contribution >= 4 is 0 Å². The number of ether oxygens (including phenoxy) is 1. The van der Waals surface area contributed by atoms with Crippen LogP contribution in [0, 0.1) is 5.92 Å². The van der Waals surface area contributed by atoms with Gasteiger partial charge in [-0.15, -0.1) is 0 Å². The SMILES string of the molecule is COc1ccc(-c2ccc(CN(C)CC3CCNCC3)nn2)cc1CN(C)C. The van der Waals surface area contributed by atoms with Crippen LogP contribution in [0.2, 0.25) is 0 Å². The van der Waals surface area contributed by atoms with E-state index in [1.54, 1.807) is 7.11 Å². The number of methoxy groups -OCH3 is 1. The van der Waals surface area contributed by atoms with Gasteiger partial charge in [0.25, 0.3) is 0 Å². The van der Waals surface area contributed by atoms with E-state index in [4.69, 9.17) is 4.74 Å². The topological polar surface area (TPSA) is 53.5 Å². The van der Waals surface area contributed by atoms with Gasteiger partial charge in [0.05, 0.1) is 18.5 Å². The van der Waals surface area contributed by atoms with Crippen molar-refractivity contribution in [1.82, 2.24) is 25.3 Å². The van der Waals surface area contributed by atoms with Gasteiger partial charge in [0, 0.05) is 30.8 Å². The first-order valence-electron chi connectivity index (χ1n) is 10.1. The van der Waals surface area contributed by atoms with Gasteiger partial charge >= 0.3 is 0 Å². The molecule has 1 fully saturated rings. The lowest BCUT2D eigenvalue weighted by molar-refractivity contribution is 0.232. The smallest absolute Gasteiger partial charge is 0.123 e. The zero-order valence-corrected chi connectivity index (χ0v) is 17.6. The average molecular weight is 384 g/mol. The van der Waals surface area contributed by atoms with Gasteiger partial charge in [-0.3, -0.25) is 0 Å². The van der Waals surface area contributed by atoms with E-state index in [2.05, 4.69) is 64.7 Å². The fourth-order valence-electron chi connectivity index (χ4n) is 3.85. The first kappa shape index (κ1) is 20.7. The maximum Gasteiger partial charge on any atom is 0.123 e. The third kappa shape index (κ3) is 5.74. The Balaban J connectivity index is 1.65. The zero-order chi connectivity index (χ0) is 19.9. The highest BCUT2D eigenvalue weighted by Gasteiger charge is 2.15. The minimum atomic E-state index is 0.785. The molecule has 1 aromatic carbocycles. The van der Waals surface area contributed by atoms with Gasteiger partial charge in [-0.05, 0) is 83.3 Å². The molecule has 1 aliphatic rings. The van der Waals surface area contributed by atoms with Crippen molar-refractivity contribution in [2.75, 3.05) is 47.9 Å². The van der Waals surface area contributed by atoms with Crippen molar-refractivity contribution in [3.63, 3.8) is 0 Å². The quantitative estimate of drug-likeness (QED) is 0.756. The van der Waals surface area contributed by atoms with E-state index in [0.717, 1.165) is 66.9 Å². The number of nitrogens with zero attached hydrogens (tertiary/aromatic N) is 4. The summed E-state index contributed by atoms with van der Waals surface area (Å²) in [6.07, 6.45) is 2.53. The number of hydrogen-bond donors (Lipinski definition) is 1. The second-order valence-electron chi connectivity index (χ2n) is 8.06. The van der Waals surface area contributed by atoms with Crippen LogP contribution in [0.15, 0.2) is 30.3 Å². The van der Waals surface area contributed by atoms with Crippen molar-refractivity contribution in [3.05, 3.63) is 41.6 Å². The Morgan fingerprint density at radius 1 is 1.04 bits per heavy atom. The number of piperidine rings is 1. The fraction of sp³-hybridized carbons (Fsp3) is 0.545. The molecule has 0 atom stereocenters. The van der Waals surface area contributed by atoms with E-state index in [1.807, 2.05) is 12.1 Å². The maximum atomic E-state index is 5.49. The van der Waals surface area contributed by atoms with E-state index in [0.29, 0.717) is 0 Å². The van der Waals surface area contributed by atoms with E-state index < -0.39 is 0 Å². The Hall–Kier alpha value is -2.02. The van der Waals surface area contributed by atoms with Gasteiger partial charge in [0.15, 0.2) is 0 Å². The highest BCUT2D eigenvalue weighted by Crippen LogP contribution is 2.26. The van der Waals surface area contributed by atoms with Crippen LogP contribution in [0.1, 0.15) is 24.1 Å². The summed E-state index contributed by atoms with van der Waals surface area (Å²) in [5.41, 5.74) is 4.13. The summed E-state index contributed by atoms with van der Waals surface area (Å²) in [7, 11) is 8.00. The average Bonchev–Trinajstić information content (AvgIpc) is 2.69. The van der Waals surface area contributed by atoms with Gasteiger partial charge in [0.1, 0.15) is 5.75 Å². The van der Waals surface area contributed by atoms with Crippen LogP contribution in [0.4, 0.5) is 0 Å². The molecular formula is C22H33N5O. The minimum Gasteiger partial charge on any atom is -0.496 e. The van der Waals surface area contributed by atoms with E-state index >= 15 is 0 Å². The molecule has 152 valence electrons. The summed E-state index contributed by atoms with van der Waals surface area (Å²) in [6, 6.07) is 10.4. The molecule has 2 aromatic rings. The molecule has 0 amide bonds. The minimum absolute atomic E-state index is 0.785. The molecule has 1 aromatic heterocycles. The van der Waals surface area contributed by atoms with Gasteiger partial charge in [0.2, 0.25) is 0 Å². The van der Waals surface area contributed by atoms with Gasteiger partial charge in [-0.25, -0.2) is 0 Å². The van der Waals surface area contributed by atoms with E-state index in [1.165, 1.54) is 12.8 Å². The molecule has 3 rings (SSSR count). The van der Waals surface area contributed by atoms with Crippen molar-refractivity contribution < 1.29 is 4.74 Å². The molecule has 0 unspecified atom stereocenters. The van der Waals surface area contributed by atoms with Crippen molar-refractivity contribution in [2.45, 2.75) is 25.9 Å². The third-order valence-corrected chi connectivity index (χ3v) is 5.24. The number of aromatic nitrogens is 2. The highest BCUT2D eigenvalue weighted by atomic mass is 16.5. The molecule has 0 bridgehead atoms. The molecule has 1 saturated heterocycles. The first-order chi connectivity index (χ1) is 13.5. The maximum absolute atomic E-state index is 5.49. The summed E-state index contributed by atoms with van der Waals surface area (Å²) < 4.78 is 5.49. The molecule has 6 nitrogen and oxygen atoms in total. The summed E-state index contributed by atoms with van der Waals surface area (Å²) in [5.74, 6) is 1.69. The molecule has 0 radical (unpaired) electrons. The van der Waals surface area contributed by atoms with Crippen LogP contribution < -0.4 is 10.1 Å². The zero-order valence-electron chi connectivity index (χ0n) is 17.6. The summed E-state index contributed by atoms with van der Waals surface area (Å²) in [6.45, 7) is 5.07. The standard InChI is InChI=1S/C22H33N5O/c1-26(2)15-19-13-18(5-8-22(19)28-4)21-7-6-20(24-25-21)16-27(3)14-17-9-11-23-12-10-17/h5-8,13,17,23H,9-12,14-16H2,1-4H3. The number of nitrogens with one attached hydrogen (secondary N) is 1. The molecule has 28 heavy (non-hydrogen) atoms. The molecule has 0 saturated carbocycles. The molecule has 1 N–H and O–H groups in total. The Kier molecular flexibility index (Phi) is 7.36. The predicted octanol–water partition coefficient (Wildman–Crippen LogP) is 2.65. The van der Waals surface area contributed by atoms with Crippen LogP contribution in [0.3, 0.4) is 0 Å².